The van der Waals surface area contributed by atoms with Gasteiger partial charge in [-0.1, -0.05) is 0 Å². The molecule has 0 radical (unpaired) electrons. The van der Waals surface area contributed by atoms with Crippen LogP contribution in [0.3, 0.4) is 0 Å². The number of hydrogen-bond donors (Lipinski definition) is 2. The van der Waals surface area contributed by atoms with Gasteiger partial charge in [0.1, 0.15) is 17.2 Å². The van der Waals surface area contributed by atoms with Gasteiger partial charge in [0.05, 0.1) is 27.2 Å². The van der Waals surface area contributed by atoms with Crippen LogP contribution in [0.15, 0.2) is 12.1 Å². The molecule has 2 rings (SSSR count). The van der Waals surface area contributed by atoms with Crippen LogP contribution in [0.5, 0.6) is 17.2 Å². The fourth-order valence-electron chi connectivity index (χ4n) is 3.22. The largest absolute Gasteiger partial charge is 0.496 e. The predicted molar refractivity (Wildman–Crippen MR) is 91.3 cm³/mol. The number of benzene rings is 1. The van der Waals surface area contributed by atoms with Gasteiger partial charge in [-0.3, -0.25) is 9.59 Å². The van der Waals surface area contributed by atoms with Gasteiger partial charge in [-0.05, 0) is 25.7 Å². The van der Waals surface area contributed by atoms with Crippen molar-refractivity contribution in [3.63, 3.8) is 0 Å². The summed E-state index contributed by atoms with van der Waals surface area (Å²) in [5.41, 5.74) is 0.848. The van der Waals surface area contributed by atoms with Gasteiger partial charge in [0.15, 0.2) is 0 Å². The van der Waals surface area contributed by atoms with Crippen LogP contribution >= 0.6 is 0 Å². The molecule has 1 fully saturated rings. The van der Waals surface area contributed by atoms with Gasteiger partial charge in [-0.15, -0.1) is 0 Å². The maximum atomic E-state index is 12.2. The van der Waals surface area contributed by atoms with Crippen molar-refractivity contribution >= 4 is 11.9 Å². The summed E-state index contributed by atoms with van der Waals surface area (Å²) in [7, 11) is 4.71. The van der Waals surface area contributed by atoms with E-state index in [1.165, 1.54) is 0 Å². The van der Waals surface area contributed by atoms with Gasteiger partial charge in [-0.2, -0.15) is 0 Å². The number of nitrogens with one attached hydrogen (secondary N) is 1. The molecule has 0 aromatic heterocycles. The van der Waals surface area contributed by atoms with Crippen molar-refractivity contribution in [1.29, 1.82) is 0 Å². The molecule has 0 heterocycles. The van der Waals surface area contributed by atoms with E-state index in [9.17, 15) is 9.59 Å². The topological polar surface area (TPSA) is 94.1 Å². The highest BCUT2D eigenvalue weighted by molar-refractivity contribution is 5.80. The Bertz CT molecular complexity index is 605. The number of rotatable bonds is 8. The molecule has 1 aliphatic rings. The highest BCUT2D eigenvalue weighted by atomic mass is 16.5. The molecule has 2 N–H and O–H groups in total. The van der Waals surface area contributed by atoms with Gasteiger partial charge in [0.2, 0.25) is 5.91 Å². The molecule has 1 aromatic carbocycles. The summed E-state index contributed by atoms with van der Waals surface area (Å²) in [5.74, 6) is 0.373. The highest BCUT2D eigenvalue weighted by Gasteiger charge is 2.33. The SMILES string of the molecule is COc1cc(OC)c(CCNC(=O)[C@@H]2CC[C@H](C(=O)O)C2)c(OC)c1. The molecule has 0 aliphatic heterocycles. The van der Waals surface area contributed by atoms with Gasteiger partial charge in [-0.25, -0.2) is 0 Å². The normalized spacial score (nSPS) is 19.3. The van der Waals surface area contributed by atoms with Crippen LogP contribution in [0.1, 0.15) is 24.8 Å². The minimum absolute atomic E-state index is 0.0878. The number of carbonyl (C=O) groups excluding carboxylic acids is 1. The Kier molecular flexibility index (Phi) is 6.50. The zero-order valence-electron chi connectivity index (χ0n) is 14.8. The van der Waals surface area contributed by atoms with Crippen molar-refractivity contribution in [2.24, 2.45) is 11.8 Å². The van der Waals surface area contributed by atoms with E-state index in [0.29, 0.717) is 49.5 Å². The fourth-order valence-corrected chi connectivity index (χ4v) is 3.22. The van der Waals surface area contributed by atoms with E-state index in [1.807, 2.05) is 0 Å². The lowest BCUT2D eigenvalue weighted by molar-refractivity contribution is -0.141. The highest BCUT2D eigenvalue weighted by Crippen LogP contribution is 2.34. The molecule has 7 nitrogen and oxygen atoms in total. The molecular weight excluding hydrogens is 326 g/mol. The van der Waals surface area contributed by atoms with Gasteiger partial charge >= 0.3 is 5.97 Å². The van der Waals surface area contributed by atoms with Crippen molar-refractivity contribution < 1.29 is 28.9 Å². The molecule has 0 bridgehead atoms. The maximum Gasteiger partial charge on any atom is 0.306 e. The molecule has 1 aromatic rings. The van der Waals surface area contributed by atoms with E-state index in [-0.39, 0.29) is 11.8 Å². The molecule has 2 atom stereocenters. The van der Waals surface area contributed by atoms with Crippen LogP contribution in [-0.4, -0.2) is 44.9 Å². The first-order valence-electron chi connectivity index (χ1n) is 8.29. The summed E-state index contributed by atoms with van der Waals surface area (Å²) in [4.78, 5) is 23.2. The van der Waals surface area contributed by atoms with Crippen LogP contribution in [-0.2, 0) is 16.0 Å². The van der Waals surface area contributed by atoms with E-state index in [4.69, 9.17) is 19.3 Å². The summed E-state index contributed by atoms with van der Waals surface area (Å²) in [6.45, 7) is 0.423. The van der Waals surface area contributed by atoms with Gasteiger partial charge in [0.25, 0.3) is 0 Å². The summed E-state index contributed by atoms with van der Waals surface area (Å²) in [6, 6.07) is 3.54. The van der Waals surface area contributed by atoms with Crippen LogP contribution in [0.2, 0.25) is 0 Å². The molecule has 1 amide bonds. The molecule has 1 saturated carbocycles. The molecule has 1 aliphatic carbocycles. The third kappa shape index (κ3) is 4.55. The molecule has 138 valence electrons. The molecule has 0 saturated heterocycles. The number of methoxy groups -OCH3 is 3. The summed E-state index contributed by atoms with van der Waals surface area (Å²) in [6.07, 6.45) is 2.14. The first-order valence-corrected chi connectivity index (χ1v) is 8.29. The Morgan fingerprint density at radius 1 is 1.08 bits per heavy atom. The van der Waals surface area contributed by atoms with Crippen molar-refractivity contribution in [1.82, 2.24) is 5.32 Å². The quantitative estimate of drug-likeness (QED) is 0.743. The van der Waals surface area contributed by atoms with Crippen molar-refractivity contribution in [3.05, 3.63) is 17.7 Å². The van der Waals surface area contributed by atoms with E-state index in [0.717, 1.165) is 5.56 Å². The Morgan fingerprint density at radius 3 is 2.16 bits per heavy atom. The molecule has 25 heavy (non-hydrogen) atoms. The second-order valence-electron chi connectivity index (χ2n) is 6.10. The minimum Gasteiger partial charge on any atom is -0.496 e. The van der Waals surface area contributed by atoms with Crippen LogP contribution in [0.25, 0.3) is 0 Å². The van der Waals surface area contributed by atoms with E-state index in [2.05, 4.69) is 5.32 Å². The average Bonchev–Trinajstić information content (AvgIpc) is 3.11. The lowest BCUT2D eigenvalue weighted by Gasteiger charge is -2.16. The number of carboxylic acids is 1. The lowest BCUT2D eigenvalue weighted by atomic mass is 10.0. The summed E-state index contributed by atoms with van der Waals surface area (Å²) in [5, 5.41) is 11.9. The Morgan fingerprint density at radius 2 is 1.68 bits per heavy atom. The molecular formula is C18H25NO6. The average molecular weight is 351 g/mol. The second-order valence-corrected chi connectivity index (χ2v) is 6.10. The number of aliphatic carboxylic acids is 1. The van der Waals surface area contributed by atoms with Gasteiger partial charge < -0.3 is 24.6 Å². The zero-order valence-corrected chi connectivity index (χ0v) is 14.8. The summed E-state index contributed by atoms with van der Waals surface area (Å²) >= 11 is 0. The lowest BCUT2D eigenvalue weighted by Crippen LogP contribution is -2.31. The maximum absolute atomic E-state index is 12.2. The molecule has 0 unspecified atom stereocenters. The van der Waals surface area contributed by atoms with E-state index >= 15 is 0 Å². The molecule has 0 spiro atoms. The van der Waals surface area contributed by atoms with Crippen molar-refractivity contribution in [3.8, 4) is 17.2 Å². The summed E-state index contributed by atoms with van der Waals surface area (Å²) < 4.78 is 16.0. The number of amides is 1. The predicted octanol–water partition coefficient (Wildman–Crippen LogP) is 1.87. The standard InChI is InChI=1S/C18H25NO6/c1-23-13-9-15(24-2)14(16(10-13)25-3)6-7-19-17(20)11-4-5-12(8-11)18(21)22/h9-12H,4-8H2,1-3H3,(H,19,20)(H,21,22)/t11-,12+/m1/s1. The smallest absolute Gasteiger partial charge is 0.306 e. The number of hydrogen-bond acceptors (Lipinski definition) is 5. The second kappa shape index (κ2) is 8.60. The van der Waals surface area contributed by atoms with Gasteiger partial charge in [0, 0.05) is 30.2 Å². The first-order chi connectivity index (χ1) is 12.0. The Labute approximate surface area is 147 Å². The zero-order chi connectivity index (χ0) is 18.4. The Hall–Kier alpha value is -2.44. The minimum atomic E-state index is -0.817. The Balaban J connectivity index is 1.95. The third-order valence-electron chi connectivity index (χ3n) is 4.64. The first kappa shape index (κ1) is 18.9. The monoisotopic (exact) mass is 351 g/mol. The fraction of sp³-hybridized carbons (Fsp3) is 0.556. The van der Waals surface area contributed by atoms with E-state index in [1.54, 1.807) is 33.5 Å². The van der Waals surface area contributed by atoms with E-state index < -0.39 is 11.9 Å². The van der Waals surface area contributed by atoms with Crippen LogP contribution in [0, 0.1) is 11.8 Å². The van der Waals surface area contributed by atoms with Crippen molar-refractivity contribution in [2.75, 3.05) is 27.9 Å². The van der Waals surface area contributed by atoms with Crippen LogP contribution < -0.4 is 19.5 Å². The number of carboxylic acid groups (broad SMARTS) is 1. The van der Waals surface area contributed by atoms with Crippen molar-refractivity contribution in [2.45, 2.75) is 25.7 Å². The number of carbonyl (C=O) groups is 2. The number of ether oxygens (including phenoxy) is 3. The third-order valence-corrected chi connectivity index (χ3v) is 4.64. The van der Waals surface area contributed by atoms with Crippen LogP contribution in [0.4, 0.5) is 0 Å². The molecule has 7 heteroatoms.